The van der Waals surface area contributed by atoms with E-state index in [9.17, 15) is 0 Å². The van der Waals surface area contributed by atoms with Crippen LogP contribution in [-0.2, 0) is 6.54 Å². The van der Waals surface area contributed by atoms with Gasteiger partial charge in [-0.1, -0.05) is 13.8 Å². The number of nitrogens with zero attached hydrogens (tertiary/aromatic N) is 1. The van der Waals surface area contributed by atoms with Crippen LogP contribution in [0.1, 0.15) is 25.8 Å². The highest BCUT2D eigenvalue weighted by Gasteiger charge is 2.06. The van der Waals surface area contributed by atoms with Gasteiger partial charge < -0.3 is 5.32 Å². The third-order valence-electron chi connectivity index (χ3n) is 2.17. The summed E-state index contributed by atoms with van der Waals surface area (Å²) in [5.74, 6) is 0.662. The third kappa shape index (κ3) is 5.75. The minimum absolute atomic E-state index is 0.229. The van der Waals surface area contributed by atoms with E-state index in [1.54, 1.807) is 0 Å². The van der Waals surface area contributed by atoms with E-state index in [0.29, 0.717) is 5.92 Å². The summed E-state index contributed by atoms with van der Waals surface area (Å²) in [4.78, 5) is 3.97. The van der Waals surface area contributed by atoms with Gasteiger partial charge in [0, 0.05) is 30.9 Å². The first-order valence-corrected chi connectivity index (χ1v) is 5.86. The van der Waals surface area contributed by atoms with Crippen LogP contribution in [0.2, 0.25) is 0 Å². The van der Waals surface area contributed by atoms with Gasteiger partial charge >= 0.3 is 0 Å². The second-order valence-corrected chi connectivity index (χ2v) is 4.83. The van der Waals surface area contributed by atoms with Crippen molar-refractivity contribution in [1.29, 1.82) is 0 Å². The maximum absolute atomic E-state index is 6.17. The molecule has 15 heavy (non-hydrogen) atoms. The Kier molecular flexibility index (Phi) is 5.66. The van der Waals surface area contributed by atoms with Gasteiger partial charge in [0.05, 0.1) is 0 Å². The van der Waals surface area contributed by atoms with Crippen LogP contribution in [-0.4, -0.2) is 16.9 Å². The Balaban J connectivity index is 2.16. The lowest BCUT2D eigenvalue weighted by atomic mass is 10.1. The molecule has 0 fully saturated rings. The zero-order chi connectivity index (χ0) is 11.1. The first kappa shape index (κ1) is 12.5. The number of hydrogen-bond donors (Lipinski definition) is 1. The Morgan fingerprint density at radius 2 is 2.00 bits per heavy atom. The normalized spacial score (nSPS) is 13.1. The highest BCUT2D eigenvalue weighted by Crippen LogP contribution is 2.09. The average Bonchev–Trinajstić information content (AvgIpc) is 2.18. The van der Waals surface area contributed by atoms with Crippen LogP contribution in [0, 0.1) is 5.92 Å². The summed E-state index contributed by atoms with van der Waals surface area (Å²) in [6.45, 7) is 6.11. The largest absolute Gasteiger partial charge is 0.311 e. The second kappa shape index (κ2) is 6.81. The summed E-state index contributed by atoms with van der Waals surface area (Å²) in [5.41, 5.74) is 1.25. The summed E-state index contributed by atoms with van der Waals surface area (Å²) < 4.78 is 0. The van der Waals surface area contributed by atoms with E-state index < -0.39 is 0 Å². The molecule has 84 valence electrons. The summed E-state index contributed by atoms with van der Waals surface area (Å²) in [6.07, 6.45) is 4.68. The topological polar surface area (TPSA) is 24.9 Å². The van der Waals surface area contributed by atoms with Gasteiger partial charge in [0.1, 0.15) is 0 Å². The number of halogens is 1. The molecule has 2 nitrogen and oxygen atoms in total. The third-order valence-corrected chi connectivity index (χ3v) is 2.50. The molecular weight excluding hydrogens is 208 g/mol. The fourth-order valence-electron chi connectivity index (χ4n) is 1.47. The summed E-state index contributed by atoms with van der Waals surface area (Å²) in [6, 6.07) is 4.03. The lowest BCUT2D eigenvalue weighted by Gasteiger charge is -2.12. The van der Waals surface area contributed by atoms with Crippen molar-refractivity contribution in [3.05, 3.63) is 30.1 Å². The number of alkyl halides is 1. The van der Waals surface area contributed by atoms with Crippen LogP contribution < -0.4 is 5.32 Å². The van der Waals surface area contributed by atoms with Crippen molar-refractivity contribution in [2.75, 3.05) is 6.54 Å². The molecule has 0 aromatic carbocycles. The summed E-state index contributed by atoms with van der Waals surface area (Å²) in [7, 11) is 0. The fourth-order valence-corrected chi connectivity index (χ4v) is 1.93. The van der Waals surface area contributed by atoms with Gasteiger partial charge in [-0.05, 0) is 30.0 Å². The molecular formula is C12H19ClN2. The van der Waals surface area contributed by atoms with E-state index in [-0.39, 0.29) is 5.38 Å². The molecule has 1 aromatic rings. The maximum atomic E-state index is 6.17. The lowest BCUT2D eigenvalue weighted by molar-refractivity contribution is 0.533. The molecule has 1 unspecified atom stereocenters. The molecule has 1 rings (SSSR count). The van der Waals surface area contributed by atoms with Crippen molar-refractivity contribution in [2.24, 2.45) is 5.92 Å². The SMILES string of the molecule is CC(C)CC(Cl)CNCc1ccncc1. The molecule has 1 atom stereocenters. The van der Waals surface area contributed by atoms with Crippen molar-refractivity contribution < 1.29 is 0 Å². The van der Waals surface area contributed by atoms with Crippen molar-refractivity contribution in [1.82, 2.24) is 10.3 Å². The van der Waals surface area contributed by atoms with E-state index in [0.717, 1.165) is 19.5 Å². The fraction of sp³-hybridized carbons (Fsp3) is 0.583. The van der Waals surface area contributed by atoms with Gasteiger partial charge in [0.15, 0.2) is 0 Å². The van der Waals surface area contributed by atoms with Crippen LogP contribution in [0.25, 0.3) is 0 Å². The molecule has 0 aliphatic carbocycles. The predicted octanol–water partition coefficient (Wildman–Crippen LogP) is 2.82. The van der Waals surface area contributed by atoms with Crippen LogP contribution in [0.4, 0.5) is 0 Å². The Morgan fingerprint density at radius 1 is 1.33 bits per heavy atom. The number of hydrogen-bond acceptors (Lipinski definition) is 2. The number of aromatic nitrogens is 1. The van der Waals surface area contributed by atoms with E-state index in [1.807, 2.05) is 24.5 Å². The zero-order valence-corrected chi connectivity index (χ0v) is 10.2. The Bertz CT molecular complexity index is 262. The summed E-state index contributed by atoms with van der Waals surface area (Å²) >= 11 is 6.17. The van der Waals surface area contributed by atoms with E-state index in [2.05, 4.69) is 24.1 Å². The van der Waals surface area contributed by atoms with Crippen molar-refractivity contribution in [3.8, 4) is 0 Å². The van der Waals surface area contributed by atoms with E-state index >= 15 is 0 Å². The van der Waals surface area contributed by atoms with Crippen LogP contribution in [0.5, 0.6) is 0 Å². The maximum Gasteiger partial charge on any atom is 0.0463 e. The monoisotopic (exact) mass is 226 g/mol. The Morgan fingerprint density at radius 3 is 2.60 bits per heavy atom. The van der Waals surface area contributed by atoms with Crippen LogP contribution in [0.3, 0.4) is 0 Å². The van der Waals surface area contributed by atoms with Crippen molar-refractivity contribution in [2.45, 2.75) is 32.2 Å². The lowest BCUT2D eigenvalue weighted by Crippen LogP contribution is -2.23. The smallest absolute Gasteiger partial charge is 0.0463 e. The van der Waals surface area contributed by atoms with E-state index in [4.69, 9.17) is 11.6 Å². The molecule has 0 aliphatic rings. The first-order chi connectivity index (χ1) is 7.18. The summed E-state index contributed by atoms with van der Waals surface area (Å²) in [5, 5.41) is 3.58. The van der Waals surface area contributed by atoms with Gasteiger partial charge in [0.2, 0.25) is 0 Å². The zero-order valence-electron chi connectivity index (χ0n) is 9.41. The van der Waals surface area contributed by atoms with Crippen LogP contribution >= 0.6 is 11.6 Å². The quantitative estimate of drug-likeness (QED) is 0.755. The van der Waals surface area contributed by atoms with Gasteiger partial charge in [-0.25, -0.2) is 0 Å². The average molecular weight is 227 g/mol. The predicted molar refractivity (Wildman–Crippen MR) is 65.0 cm³/mol. The molecule has 0 saturated heterocycles. The minimum Gasteiger partial charge on any atom is -0.311 e. The van der Waals surface area contributed by atoms with Crippen molar-refractivity contribution in [3.63, 3.8) is 0 Å². The Hall–Kier alpha value is -0.600. The van der Waals surface area contributed by atoms with E-state index in [1.165, 1.54) is 5.56 Å². The van der Waals surface area contributed by atoms with Gasteiger partial charge in [-0.2, -0.15) is 0 Å². The molecule has 0 bridgehead atoms. The molecule has 0 aliphatic heterocycles. The van der Waals surface area contributed by atoms with Gasteiger partial charge in [-0.3, -0.25) is 4.98 Å². The molecule has 1 N–H and O–H groups in total. The molecule has 0 saturated carbocycles. The molecule has 0 spiro atoms. The highest BCUT2D eigenvalue weighted by atomic mass is 35.5. The van der Waals surface area contributed by atoms with Crippen molar-refractivity contribution >= 4 is 11.6 Å². The molecule has 3 heteroatoms. The molecule has 0 radical (unpaired) electrons. The molecule has 1 heterocycles. The Labute approximate surface area is 97.1 Å². The van der Waals surface area contributed by atoms with Gasteiger partial charge in [0.25, 0.3) is 0 Å². The molecule has 1 aromatic heterocycles. The first-order valence-electron chi connectivity index (χ1n) is 5.42. The minimum atomic E-state index is 0.229. The van der Waals surface area contributed by atoms with Crippen LogP contribution in [0.15, 0.2) is 24.5 Å². The second-order valence-electron chi connectivity index (χ2n) is 4.21. The highest BCUT2D eigenvalue weighted by molar-refractivity contribution is 6.20. The van der Waals surface area contributed by atoms with Gasteiger partial charge in [-0.15, -0.1) is 11.6 Å². The number of rotatable bonds is 6. The number of nitrogens with one attached hydrogen (secondary N) is 1. The molecule has 0 amide bonds. The number of pyridine rings is 1. The standard InChI is InChI=1S/C12H19ClN2/c1-10(2)7-12(13)9-15-8-11-3-5-14-6-4-11/h3-6,10,12,15H,7-9H2,1-2H3.